The fourth-order valence-corrected chi connectivity index (χ4v) is 3.08. The van der Waals surface area contributed by atoms with Gasteiger partial charge in [0.2, 0.25) is 11.9 Å². The number of rotatable bonds is 6. The van der Waals surface area contributed by atoms with Gasteiger partial charge in [-0.05, 0) is 17.5 Å². The van der Waals surface area contributed by atoms with E-state index >= 15 is 0 Å². The lowest BCUT2D eigenvalue weighted by molar-refractivity contribution is -0.120. The highest BCUT2D eigenvalue weighted by atomic mass is 32.1. The molecule has 112 valence electrons. The average molecular weight is 331 g/mol. The van der Waals surface area contributed by atoms with E-state index in [0.717, 1.165) is 10.6 Å². The molecule has 0 saturated carbocycles. The smallest absolute Gasteiger partial charge is 0.228 e. The fraction of sp³-hybridized carbons (Fsp3) is 0.143. The van der Waals surface area contributed by atoms with Gasteiger partial charge in [0, 0.05) is 22.7 Å². The minimum atomic E-state index is -0.0405. The molecule has 0 spiro atoms. The van der Waals surface area contributed by atoms with Gasteiger partial charge in [-0.15, -0.1) is 22.7 Å². The number of thiophene rings is 1. The molecule has 0 aliphatic rings. The molecule has 8 heteroatoms. The van der Waals surface area contributed by atoms with Crippen LogP contribution in [0.2, 0.25) is 0 Å². The summed E-state index contributed by atoms with van der Waals surface area (Å²) < 4.78 is 0. The summed E-state index contributed by atoms with van der Waals surface area (Å²) in [6, 6.07) is 5.71. The van der Waals surface area contributed by atoms with Gasteiger partial charge in [-0.1, -0.05) is 6.07 Å². The molecule has 0 radical (unpaired) electrons. The van der Waals surface area contributed by atoms with E-state index in [1.54, 1.807) is 29.8 Å². The Labute approximate surface area is 135 Å². The van der Waals surface area contributed by atoms with Crippen molar-refractivity contribution in [1.82, 2.24) is 20.3 Å². The molecule has 3 heterocycles. The number of hydrogen-bond donors (Lipinski definition) is 2. The summed E-state index contributed by atoms with van der Waals surface area (Å²) in [5.41, 5.74) is 0.729. The van der Waals surface area contributed by atoms with Crippen LogP contribution in [0.3, 0.4) is 0 Å². The zero-order valence-electron chi connectivity index (χ0n) is 11.5. The van der Waals surface area contributed by atoms with Crippen molar-refractivity contribution in [2.45, 2.75) is 13.0 Å². The van der Waals surface area contributed by atoms with Gasteiger partial charge in [0.1, 0.15) is 0 Å². The summed E-state index contributed by atoms with van der Waals surface area (Å²) in [7, 11) is 0. The quantitative estimate of drug-likeness (QED) is 0.726. The van der Waals surface area contributed by atoms with E-state index in [4.69, 9.17) is 0 Å². The minimum absolute atomic E-state index is 0.0405. The number of nitrogens with one attached hydrogen (secondary N) is 2. The highest BCUT2D eigenvalue weighted by molar-refractivity contribution is 7.13. The summed E-state index contributed by atoms with van der Waals surface area (Å²) in [5, 5.41) is 10.4. The Bertz CT molecular complexity index is 727. The van der Waals surface area contributed by atoms with Crippen molar-refractivity contribution in [3.8, 4) is 0 Å². The van der Waals surface area contributed by atoms with Crippen LogP contribution in [0.4, 0.5) is 11.1 Å². The predicted molar refractivity (Wildman–Crippen MR) is 87.3 cm³/mol. The van der Waals surface area contributed by atoms with Crippen molar-refractivity contribution in [2.24, 2.45) is 0 Å². The van der Waals surface area contributed by atoms with Gasteiger partial charge in [0.25, 0.3) is 0 Å². The zero-order valence-corrected chi connectivity index (χ0v) is 13.2. The van der Waals surface area contributed by atoms with E-state index in [1.807, 2.05) is 22.9 Å². The van der Waals surface area contributed by atoms with Crippen LogP contribution in [0.1, 0.15) is 10.6 Å². The van der Waals surface area contributed by atoms with Gasteiger partial charge in [0.15, 0.2) is 5.13 Å². The van der Waals surface area contributed by atoms with Crippen LogP contribution in [-0.2, 0) is 17.8 Å². The van der Waals surface area contributed by atoms with Gasteiger partial charge in [0.05, 0.1) is 18.7 Å². The second kappa shape index (κ2) is 7.10. The van der Waals surface area contributed by atoms with E-state index in [1.165, 1.54) is 11.3 Å². The molecule has 0 aliphatic carbocycles. The van der Waals surface area contributed by atoms with Crippen LogP contribution in [0.15, 0.2) is 41.4 Å². The van der Waals surface area contributed by atoms with Gasteiger partial charge in [-0.2, -0.15) is 0 Å². The first-order chi connectivity index (χ1) is 10.8. The second-order valence-corrected chi connectivity index (χ2v) is 6.26. The Morgan fingerprint density at radius 2 is 2.05 bits per heavy atom. The Morgan fingerprint density at radius 1 is 1.18 bits per heavy atom. The monoisotopic (exact) mass is 331 g/mol. The van der Waals surface area contributed by atoms with Crippen LogP contribution in [0.25, 0.3) is 0 Å². The summed E-state index contributed by atoms with van der Waals surface area (Å²) in [6.45, 7) is 0.559. The second-order valence-electron chi connectivity index (χ2n) is 4.37. The van der Waals surface area contributed by atoms with E-state index in [0.29, 0.717) is 17.6 Å². The summed E-state index contributed by atoms with van der Waals surface area (Å²) in [5.74, 6) is 0.451. The van der Waals surface area contributed by atoms with Crippen molar-refractivity contribution in [2.75, 3.05) is 5.32 Å². The predicted octanol–water partition coefficient (Wildman–Crippen LogP) is 2.60. The first kappa shape index (κ1) is 14.6. The van der Waals surface area contributed by atoms with Crippen molar-refractivity contribution >= 4 is 39.7 Å². The van der Waals surface area contributed by atoms with Crippen LogP contribution in [-0.4, -0.2) is 20.9 Å². The zero-order chi connectivity index (χ0) is 15.2. The van der Waals surface area contributed by atoms with Crippen molar-refractivity contribution in [1.29, 1.82) is 0 Å². The normalized spacial score (nSPS) is 10.4. The first-order valence-electron chi connectivity index (χ1n) is 6.57. The minimum Gasteiger partial charge on any atom is -0.351 e. The molecule has 3 rings (SSSR count). The number of nitrogens with zero attached hydrogens (tertiary/aromatic N) is 3. The van der Waals surface area contributed by atoms with E-state index < -0.39 is 0 Å². The molecule has 0 aliphatic heterocycles. The SMILES string of the molecule is O=C(Cc1csc(Nc2ncccn2)n1)NCc1cccs1. The third kappa shape index (κ3) is 4.09. The lowest BCUT2D eigenvalue weighted by Crippen LogP contribution is -2.24. The van der Waals surface area contributed by atoms with E-state index in [2.05, 4.69) is 25.6 Å². The Balaban J connectivity index is 1.51. The fourth-order valence-electron chi connectivity index (χ4n) is 1.73. The molecule has 3 aromatic rings. The molecule has 0 saturated heterocycles. The average Bonchev–Trinajstić information content (AvgIpc) is 3.18. The number of carbonyl (C=O) groups is 1. The highest BCUT2D eigenvalue weighted by Crippen LogP contribution is 2.18. The van der Waals surface area contributed by atoms with Gasteiger partial charge >= 0.3 is 0 Å². The molecule has 0 aromatic carbocycles. The van der Waals surface area contributed by atoms with Crippen molar-refractivity contribution in [3.63, 3.8) is 0 Å². The highest BCUT2D eigenvalue weighted by Gasteiger charge is 2.08. The summed E-state index contributed by atoms with van der Waals surface area (Å²) in [4.78, 5) is 25.5. The first-order valence-corrected chi connectivity index (χ1v) is 8.33. The standard InChI is InChI=1S/C14H13N5OS2/c20-12(17-8-11-3-1-6-21-11)7-10-9-22-14(18-10)19-13-15-4-2-5-16-13/h1-6,9H,7-8H2,(H,17,20)(H,15,16,18,19). The lowest BCUT2D eigenvalue weighted by Gasteiger charge is -2.01. The Morgan fingerprint density at radius 3 is 2.82 bits per heavy atom. The molecule has 2 N–H and O–H groups in total. The Hall–Kier alpha value is -2.32. The molecular weight excluding hydrogens is 318 g/mol. The Kier molecular flexibility index (Phi) is 4.71. The number of anilines is 2. The molecular formula is C14H13N5OS2. The van der Waals surface area contributed by atoms with Crippen LogP contribution < -0.4 is 10.6 Å². The molecule has 6 nitrogen and oxygen atoms in total. The number of hydrogen-bond acceptors (Lipinski definition) is 7. The van der Waals surface area contributed by atoms with Gasteiger partial charge < -0.3 is 10.6 Å². The maximum Gasteiger partial charge on any atom is 0.228 e. The summed E-state index contributed by atoms with van der Waals surface area (Å²) >= 11 is 3.05. The van der Waals surface area contributed by atoms with Gasteiger partial charge in [-0.3, -0.25) is 4.79 Å². The number of aromatic nitrogens is 3. The molecule has 0 fully saturated rings. The maximum absolute atomic E-state index is 11.9. The van der Waals surface area contributed by atoms with Crippen LogP contribution in [0.5, 0.6) is 0 Å². The maximum atomic E-state index is 11.9. The van der Waals surface area contributed by atoms with Crippen molar-refractivity contribution < 1.29 is 4.79 Å². The molecule has 0 atom stereocenters. The van der Waals surface area contributed by atoms with E-state index in [9.17, 15) is 4.79 Å². The number of carbonyl (C=O) groups excluding carboxylic acids is 1. The summed E-state index contributed by atoms with van der Waals surface area (Å²) in [6.07, 6.45) is 3.57. The largest absolute Gasteiger partial charge is 0.351 e. The third-order valence-electron chi connectivity index (χ3n) is 2.72. The van der Waals surface area contributed by atoms with Gasteiger partial charge in [-0.25, -0.2) is 15.0 Å². The molecule has 3 aromatic heterocycles. The molecule has 0 unspecified atom stereocenters. The molecule has 0 bridgehead atoms. The number of thiazole rings is 1. The molecule has 1 amide bonds. The van der Waals surface area contributed by atoms with E-state index in [-0.39, 0.29) is 12.3 Å². The van der Waals surface area contributed by atoms with Crippen LogP contribution in [0, 0.1) is 0 Å². The topological polar surface area (TPSA) is 79.8 Å². The third-order valence-corrected chi connectivity index (χ3v) is 4.40. The van der Waals surface area contributed by atoms with Crippen molar-refractivity contribution in [3.05, 3.63) is 51.9 Å². The number of amides is 1. The van der Waals surface area contributed by atoms with Crippen LogP contribution >= 0.6 is 22.7 Å². The lowest BCUT2D eigenvalue weighted by atomic mass is 10.3. The molecule has 22 heavy (non-hydrogen) atoms.